The van der Waals surface area contributed by atoms with Crippen molar-refractivity contribution in [1.29, 1.82) is 0 Å². The minimum Gasteiger partial charge on any atom is -0.441 e. The van der Waals surface area contributed by atoms with Crippen molar-refractivity contribution in [2.75, 3.05) is 13.1 Å². The van der Waals surface area contributed by atoms with Crippen LogP contribution in [0.15, 0.2) is 34.9 Å². The molecular weight excluding hydrogens is 314 g/mol. The van der Waals surface area contributed by atoms with Crippen molar-refractivity contribution in [3.05, 3.63) is 41.9 Å². The zero-order valence-electron chi connectivity index (χ0n) is 14.7. The lowest BCUT2D eigenvalue weighted by Crippen LogP contribution is -2.39. The van der Waals surface area contributed by atoms with Gasteiger partial charge in [-0.3, -0.25) is 4.79 Å². The first-order chi connectivity index (χ1) is 12.2. The molecule has 1 amide bonds. The van der Waals surface area contributed by atoms with E-state index in [1.54, 1.807) is 6.20 Å². The Kier molecular flexibility index (Phi) is 4.57. The number of aryl methyl sites for hydroxylation is 2. The van der Waals surface area contributed by atoms with Gasteiger partial charge >= 0.3 is 0 Å². The van der Waals surface area contributed by atoms with E-state index in [0.717, 1.165) is 30.8 Å². The van der Waals surface area contributed by atoms with Crippen molar-refractivity contribution in [2.24, 2.45) is 0 Å². The Morgan fingerprint density at radius 1 is 1.24 bits per heavy atom. The monoisotopic (exact) mass is 339 g/mol. The molecule has 5 nitrogen and oxygen atoms in total. The van der Waals surface area contributed by atoms with Crippen molar-refractivity contribution < 1.29 is 9.21 Å². The summed E-state index contributed by atoms with van der Waals surface area (Å²) in [5.41, 5.74) is 2.24. The van der Waals surface area contributed by atoms with Crippen LogP contribution in [0.3, 0.4) is 0 Å². The van der Waals surface area contributed by atoms with Gasteiger partial charge in [-0.2, -0.15) is 0 Å². The smallest absolute Gasteiger partial charge is 0.223 e. The molecule has 2 aliphatic heterocycles. The van der Waals surface area contributed by atoms with Gasteiger partial charge in [0.1, 0.15) is 0 Å². The van der Waals surface area contributed by atoms with E-state index in [4.69, 9.17) is 4.42 Å². The normalized spacial score (nSPS) is 22.8. The number of carbonyl (C=O) groups excluding carboxylic acids is 1. The first-order valence-electron chi connectivity index (χ1n) is 9.23. The zero-order valence-corrected chi connectivity index (χ0v) is 14.7. The van der Waals surface area contributed by atoms with Crippen LogP contribution in [0.25, 0.3) is 11.3 Å². The van der Waals surface area contributed by atoms with Crippen LogP contribution in [0.5, 0.6) is 0 Å². The van der Waals surface area contributed by atoms with Gasteiger partial charge in [0.15, 0.2) is 11.7 Å². The lowest BCUT2D eigenvalue weighted by Gasteiger charge is -2.24. The summed E-state index contributed by atoms with van der Waals surface area (Å²) in [6, 6.07) is 9.26. The number of oxazole rings is 1. The van der Waals surface area contributed by atoms with Gasteiger partial charge in [0.25, 0.3) is 0 Å². The van der Waals surface area contributed by atoms with E-state index in [9.17, 15) is 4.79 Å². The van der Waals surface area contributed by atoms with Crippen LogP contribution < -0.4 is 5.32 Å². The molecule has 2 fully saturated rings. The highest BCUT2D eigenvalue weighted by Gasteiger charge is 2.30. The molecule has 2 saturated heterocycles. The molecule has 0 saturated carbocycles. The molecule has 2 atom stereocenters. The summed E-state index contributed by atoms with van der Waals surface area (Å²) < 4.78 is 5.83. The fourth-order valence-corrected chi connectivity index (χ4v) is 3.82. The quantitative estimate of drug-likeness (QED) is 0.930. The Balaban J connectivity index is 1.33. The van der Waals surface area contributed by atoms with E-state index >= 15 is 0 Å². The molecule has 1 aromatic heterocycles. The van der Waals surface area contributed by atoms with Crippen LogP contribution in [-0.4, -0.2) is 41.0 Å². The average molecular weight is 339 g/mol. The molecule has 25 heavy (non-hydrogen) atoms. The first kappa shape index (κ1) is 16.3. The first-order valence-corrected chi connectivity index (χ1v) is 9.23. The molecule has 2 aliphatic rings. The third-order valence-electron chi connectivity index (χ3n) is 5.32. The van der Waals surface area contributed by atoms with Crippen molar-refractivity contribution in [2.45, 2.75) is 51.1 Å². The standard InChI is InChI=1S/C20H25N3O2/c1-14-2-4-15(5-3-14)18-12-21-19(25-18)8-9-20(24)23-11-10-16-6-7-17(13-23)22-16/h2-5,12,16-17,22H,6-11,13H2,1H3. The number of rotatable bonds is 4. The van der Waals surface area contributed by atoms with Crippen molar-refractivity contribution in [3.8, 4) is 11.3 Å². The highest BCUT2D eigenvalue weighted by molar-refractivity contribution is 5.76. The van der Waals surface area contributed by atoms with E-state index in [2.05, 4.69) is 29.4 Å². The summed E-state index contributed by atoms with van der Waals surface area (Å²) in [6.45, 7) is 3.77. The predicted molar refractivity (Wildman–Crippen MR) is 96.1 cm³/mol. The maximum absolute atomic E-state index is 12.5. The third kappa shape index (κ3) is 3.76. The highest BCUT2D eigenvalue weighted by atomic mass is 16.4. The number of nitrogens with zero attached hydrogens (tertiary/aromatic N) is 2. The third-order valence-corrected chi connectivity index (χ3v) is 5.32. The van der Waals surface area contributed by atoms with Gasteiger partial charge in [-0.15, -0.1) is 0 Å². The predicted octanol–water partition coefficient (Wildman–Crippen LogP) is 2.94. The van der Waals surface area contributed by atoms with Crippen molar-refractivity contribution in [1.82, 2.24) is 15.2 Å². The van der Waals surface area contributed by atoms with E-state index in [0.29, 0.717) is 30.8 Å². The molecule has 132 valence electrons. The summed E-state index contributed by atoms with van der Waals surface area (Å²) in [6.07, 6.45) is 6.28. The molecule has 1 aromatic carbocycles. The van der Waals surface area contributed by atoms with E-state index in [1.807, 2.05) is 17.0 Å². The molecule has 0 radical (unpaired) electrons. The number of fused-ring (bicyclic) bond motifs is 2. The fourth-order valence-electron chi connectivity index (χ4n) is 3.82. The number of likely N-dealkylation sites (tertiary alicyclic amines) is 1. The van der Waals surface area contributed by atoms with Crippen LogP contribution in [0.4, 0.5) is 0 Å². The minimum absolute atomic E-state index is 0.212. The number of nitrogens with one attached hydrogen (secondary N) is 1. The molecule has 2 aromatic rings. The highest BCUT2D eigenvalue weighted by Crippen LogP contribution is 2.23. The summed E-state index contributed by atoms with van der Waals surface area (Å²) in [5.74, 6) is 1.61. The maximum atomic E-state index is 12.5. The number of amides is 1. The minimum atomic E-state index is 0.212. The Labute approximate surface area is 148 Å². The molecule has 3 heterocycles. The lowest BCUT2D eigenvalue weighted by molar-refractivity contribution is -0.131. The number of benzene rings is 1. The van der Waals surface area contributed by atoms with Crippen LogP contribution in [0.1, 0.15) is 37.1 Å². The topological polar surface area (TPSA) is 58.4 Å². The Hall–Kier alpha value is -2.14. The van der Waals surface area contributed by atoms with Gasteiger partial charge in [0.2, 0.25) is 5.91 Å². The maximum Gasteiger partial charge on any atom is 0.223 e. The second-order valence-electron chi connectivity index (χ2n) is 7.25. The second kappa shape index (κ2) is 7.00. The molecule has 2 bridgehead atoms. The SMILES string of the molecule is Cc1ccc(-c2cnc(CCC(=O)N3CCC4CCC(C3)N4)o2)cc1. The molecular formula is C20H25N3O2. The van der Waals surface area contributed by atoms with E-state index in [1.165, 1.54) is 18.4 Å². The van der Waals surface area contributed by atoms with Crippen LogP contribution in [0, 0.1) is 6.92 Å². The van der Waals surface area contributed by atoms with Gasteiger partial charge < -0.3 is 14.6 Å². The van der Waals surface area contributed by atoms with Gasteiger partial charge in [-0.05, 0) is 26.2 Å². The molecule has 2 unspecified atom stereocenters. The number of hydrogen-bond acceptors (Lipinski definition) is 4. The van der Waals surface area contributed by atoms with Crippen LogP contribution >= 0.6 is 0 Å². The van der Waals surface area contributed by atoms with Gasteiger partial charge in [0.05, 0.1) is 6.20 Å². The molecule has 1 N–H and O–H groups in total. The summed E-state index contributed by atoms with van der Waals surface area (Å²) >= 11 is 0. The zero-order chi connectivity index (χ0) is 17.2. The van der Waals surface area contributed by atoms with Crippen LogP contribution in [0.2, 0.25) is 0 Å². The Morgan fingerprint density at radius 3 is 2.88 bits per heavy atom. The Morgan fingerprint density at radius 2 is 2.04 bits per heavy atom. The van der Waals surface area contributed by atoms with Crippen LogP contribution in [-0.2, 0) is 11.2 Å². The van der Waals surface area contributed by atoms with Crippen molar-refractivity contribution >= 4 is 5.91 Å². The molecule has 0 aliphatic carbocycles. The fraction of sp³-hybridized carbons (Fsp3) is 0.500. The lowest BCUT2D eigenvalue weighted by atomic mass is 10.1. The Bertz CT molecular complexity index is 738. The molecule has 4 rings (SSSR count). The second-order valence-corrected chi connectivity index (χ2v) is 7.25. The van der Waals surface area contributed by atoms with Gasteiger partial charge in [-0.25, -0.2) is 4.98 Å². The van der Waals surface area contributed by atoms with Gasteiger partial charge in [0, 0.05) is 43.6 Å². The largest absolute Gasteiger partial charge is 0.441 e. The number of hydrogen-bond donors (Lipinski definition) is 1. The molecule has 0 spiro atoms. The summed E-state index contributed by atoms with van der Waals surface area (Å²) in [4.78, 5) is 18.9. The van der Waals surface area contributed by atoms with Crippen molar-refractivity contribution in [3.63, 3.8) is 0 Å². The number of aromatic nitrogens is 1. The summed E-state index contributed by atoms with van der Waals surface area (Å²) in [7, 11) is 0. The summed E-state index contributed by atoms with van der Waals surface area (Å²) in [5, 5.41) is 3.61. The number of carbonyl (C=O) groups is 1. The average Bonchev–Trinajstić information content (AvgIpc) is 3.20. The van der Waals surface area contributed by atoms with E-state index in [-0.39, 0.29) is 5.91 Å². The van der Waals surface area contributed by atoms with E-state index < -0.39 is 0 Å². The molecule has 5 heteroatoms. The van der Waals surface area contributed by atoms with Gasteiger partial charge in [-0.1, -0.05) is 29.8 Å².